The van der Waals surface area contributed by atoms with E-state index >= 15 is 0 Å². The second-order valence-corrected chi connectivity index (χ2v) is 3.98. The fourth-order valence-electron chi connectivity index (χ4n) is 1.18. The molecular formula is C11H11BrFNO2. The Kier molecular flexibility index (Phi) is 5.39. The molecule has 0 fully saturated rings. The van der Waals surface area contributed by atoms with E-state index in [1.165, 1.54) is 18.2 Å². The number of hydrogen-bond donors (Lipinski definition) is 1. The van der Waals surface area contributed by atoms with Gasteiger partial charge in [-0.25, -0.2) is 4.39 Å². The van der Waals surface area contributed by atoms with Crippen LogP contribution in [0.2, 0.25) is 0 Å². The Hall–Kier alpha value is -0.960. The van der Waals surface area contributed by atoms with E-state index in [1.54, 1.807) is 0 Å². The smallest absolute Gasteiger partial charge is 0.170 e. The Morgan fingerprint density at radius 3 is 2.94 bits per heavy atom. The lowest BCUT2D eigenvalue weighted by molar-refractivity contribution is 0.0768. The second-order valence-electron chi connectivity index (χ2n) is 3.12. The first-order valence-electron chi connectivity index (χ1n) is 4.76. The van der Waals surface area contributed by atoms with Gasteiger partial charge in [-0.3, -0.25) is 0 Å². The van der Waals surface area contributed by atoms with Crippen molar-refractivity contribution >= 4 is 15.9 Å². The third-order valence-corrected chi connectivity index (χ3v) is 2.67. The van der Waals surface area contributed by atoms with Gasteiger partial charge in [-0.1, -0.05) is 15.9 Å². The van der Waals surface area contributed by atoms with Crippen LogP contribution in [-0.2, 0) is 4.74 Å². The molecule has 1 N–H and O–H groups in total. The van der Waals surface area contributed by atoms with Crippen LogP contribution in [0.25, 0.3) is 0 Å². The fourth-order valence-corrected chi connectivity index (χ4v) is 1.63. The summed E-state index contributed by atoms with van der Waals surface area (Å²) in [5.41, 5.74) is 0.459. The first kappa shape index (κ1) is 13.1. The molecule has 1 rings (SSSR count). The van der Waals surface area contributed by atoms with Crippen molar-refractivity contribution in [1.82, 2.24) is 0 Å². The molecule has 0 aliphatic rings. The lowest BCUT2D eigenvalue weighted by atomic mass is 10.1. The highest BCUT2D eigenvalue weighted by atomic mass is 79.9. The number of halogens is 2. The molecule has 0 spiro atoms. The number of ether oxygens (including phenoxy) is 1. The van der Waals surface area contributed by atoms with Crippen LogP contribution in [0.3, 0.4) is 0 Å². The number of aliphatic hydroxyl groups excluding tert-OH is 1. The quantitative estimate of drug-likeness (QED) is 0.847. The van der Waals surface area contributed by atoms with Crippen molar-refractivity contribution in [3.63, 3.8) is 0 Å². The van der Waals surface area contributed by atoms with E-state index in [9.17, 15) is 4.39 Å². The van der Waals surface area contributed by atoms with E-state index in [4.69, 9.17) is 15.1 Å². The Balaban J connectivity index is 2.79. The minimum absolute atomic E-state index is 0.00245. The van der Waals surface area contributed by atoms with E-state index in [0.717, 1.165) is 0 Å². The van der Waals surface area contributed by atoms with Crippen LogP contribution in [0, 0.1) is 17.1 Å². The number of benzene rings is 1. The minimum atomic E-state index is -0.823. The summed E-state index contributed by atoms with van der Waals surface area (Å²) in [4.78, 5) is 0. The van der Waals surface area contributed by atoms with Gasteiger partial charge in [-0.15, -0.1) is 0 Å². The molecule has 5 heteroatoms. The molecule has 0 aromatic heterocycles. The van der Waals surface area contributed by atoms with Crippen LogP contribution in [0.15, 0.2) is 22.7 Å². The second kappa shape index (κ2) is 6.59. The summed E-state index contributed by atoms with van der Waals surface area (Å²) in [7, 11) is 0. The van der Waals surface area contributed by atoms with E-state index < -0.39 is 11.9 Å². The van der Waals surface area contributed by atoms with Gasteiger partial charge in [0, 0.05) is 16.6 Å². The maximum atomic E-state index is 13.0. The van der Waals surface area contributed by atoms with E-state index in [0.29, 0.717) is 16.5 Å². The highest BCUT2D eigenvalue weighted by molar-refractivity contribution is 9.10. The third kappa shape index (κ3) is 3.56. The summed E-state index contributed by atoms with van der Waals surface area (Å²) >= 11 is 3.23. The zero-order valence-electron chi connectivity index (χ0n) is 8.49. The SMILES string of the molecule is N#CC(OCCCO)c1cc(F)ccc1Br. The predicted octanol–water partition coefficient (Wildman–Crippen LogP) is 2.55. The van der Waals surface area contributed by atoms with E-state index in [2.05, 4.69) is 15.9 Å². The molecule has 1 aromatic rings. The lowest BCUT2D eigenvalue weighted by Crippen LogP contribution is -2.05. The molecule has 16 heavy (non-hydrogen) atoms. The van der Waals surface area contributed by atoms with Crippen LogP contribution < -0.4 is 0 Å². The molecule has 86 valence electrons. The number of rotatable bonds is 5. The molecule has 0 saturated carbocycles. The number of nitrogens with zero attached hydrogens (tertiary/aromatic N) is 1. The van der Waals surface area contributed by atoms with Crippen LogP contribution in [0.5, 0.6) is 0 Å². The van der Waals surface area contributed by atoms with Gasteiger partial charge in [0.15, 0.2) is 6.10 Å². The van der Waals surface area contributed by atoms with Crippen molar-refractivity contribution in [2.75, 3.05) is 13.2 Å². The highest BCUT2D eigenvalue weighted by Crippen LogP contribution is 2.26. The molecular weight excluding hydrogens is 277 g/mol. The maximum absolute atomic E-state index is 13.0. The fraction of sp³-hybridized carbons (Fsp3) is 0.364. The average Bonchev–Trinajstić information content (AvgIpc) is 2.28. The molecule has 0 radical (unpaired) electrons. The minimum Gasteiger partial charge on any atom is -0.396 e. The Morgan fingerprint density at radius 2 is 2.31 bits per heavy atom. The molecule has 1 aromatic carbocycles. The summed E-state index contributed by atoms with van der Waals surface area (Å²) < 4.78 is 18.9. The number of nitriles is 1. The molecule has 1 atom stereocenters. The van der Waals surface area contributed by atoms with Crippen molar-refractivity contribution in [1.29, 1.82) is 5.26 Å². The molecule has 0 saturated heterocycles. The third-order valence-electron chi connectivity index (χ3n) is 1.94. The lowest BCUT2D eigenvalue weighted by Gasteiger charge is -2.12. The largest absolute Gasteiger partial charge is 0.396 e. The van der Waals surface area contributed by atoms with Crippen molar-refractivity contribution < 1.29 is 14.2 Å². The van der Waals surface area contributed by atoms with Crippen molar-refractivity contribution in [2.45, 2.75) is 12.5 Å². The topological polar surface area (TPSA) is 53.2 Å². The van der Waals surface area contributed by atoms with Crippen LogP contribution in [0.4, 0.5) is 4.39 Å². The zero-order chi connectivity index (χ0) is 12.0. The molecule has 0 heterocycles. The Morgan fingerprint density at radius 1 is 1.56 bits per heavy atom. The van der Waals surface area contributed by atoms with E-state index in [-0.39, 0.29) is 13.2 Å². The molecule has 0 bridgehead atoms. The van der Waals surface area contributed by atoms with Crippen molar-refractivity contribution in [2.24, 2.45) is 0 Å². The maximum Gasteiger partial charge on any atom is 0.170 e. The first-order chi connectivity index (χ1) is 7.69. The highest BCUT2D eigenvalue weighted by Gasteiger charge is 2.14. The number of aliphatic hydroxyl groups is 1. The molecule has 0 amide bonds. The summed E-state index contributed by atoms with van der Waals surface area (Å²) in [5.74, 6) is -0.413. The van der Waals surface area contributed by atoms with Crippen molar-refractivity contribution in [3.8, 4) is 6.07 Å². The summed E-state index contributed by atoms with van der Waals surface area (Å²) in [6, 6.07) is 6.04. The van der Waals surface area contributed by atoms with Gasteiger partial charge in [-0.2, -0.15) is 5.26 Å². The van der Waals surface area contributed by atoms with Gasteiger partial charge in [0.05, 0.1) is 12.7 Å². The van der Waals surface area contributed by atoms with Crippen LogP contribution >= 0.6 is 15.9 Å². The zero-order valence-corrected chi connectivity index (χ0v) is 10.1. The Labute approximate surface area is 102 Å². The Bertz CT molecular complexity index is 392. The molecule has 0 aliphatic heterocycles. The van der Waals surface area contributed by atoms with Crippen molar-refractivity contribution in [3.05, 3.63) is 34.1 Å². The van der Waals surface area contributed by atoms with Gasteiger partial charge in [-0.05, 0) is 24.6 Å². The molecule has 1 unspecified atom stereocenters. The average molecular weight is 288 g/mol. The van der Waals surface area contributed by atoms with Gasteiger partial charge in [0.25, 0.3) is 0 Å². The van der Waals surface area contributed by atoms with Crippen LogP contribution in [0.1, 0.15) is 18.1 Å². The summed E-state index contributed by atoms with van der Waals surface area (Å²) in [6.07, 6.45) is -0.373. The van der Waals surface area contributed by atoms with Gasteiger partial charge >= 0.3 is 0 Å². The van der Waals surface area contributed by atoms with Gasteiger partial charge in [0.2, 0.25) is 0 Å². The first-order valence-corrected chi connectivity index (χ1v) is 5.55. The normalized spacial score (nSPS) is 12.1. The van der Waals surface area contributed by atoms with Gasteiger partial charge < -0.3 is 9.84 Å². The summed E-state index contributed by atoms with van der Waals surface area (Å²) in [6.45, 7) is 0.264. The molecule has 0 aliphatic carbocycles. The van der Waals surface area contributed by atoms with Crippen LogP contribution in [-0.4, -0.2) is 18.3 Å². The molecule has 3 nitrogen and oxygen atoms in total. The van der Waals surface area contributed by atoms with E-state index in [1.807, 2.05) is 6.07 Å². The monoisotopic (exact) mass is 287 g/mol. The number of hydrogen-bond acceptors (Lipinski definition) is 3. The standard InChI is InChI=1S/C11H11BrFNO2/c12-10-3-2-8(13)6-9(10)11(7-14)16-5-1-4-15/h2-3,6,11,15H,1,4-5H2. The summed E-state index contributed by atoms with van der Waals surface area (Å²) in [5, 5.41) is 17.5. The predicted molar refractivity (Wildman–Crippen MR) is 60.1 cm³/mol. The van der Waals surface area contributed by atoms with Gasteiger partial charge in [0.1, 0.15) is 5.82 Å².